The molecule has 0 fully saturated rings. The summed E-state index contributed by atoms with van der Waals surface area (Å²) in [6.07, 6.45) is 3.29. The lowest BCUT2D eigenvalue weighted by Gasteiger charge is -2.21. The summed E-state index contributed by atoms with van der Waals surface area (Å²) in [4.78, 5) is 18.5. The molecule has 2 heterocycles. The summed E-state index contributed by atoms with van der Waals surface area (Å²) in [5.41, 5.74) is 1.94. The first-order valence-corrected chi connectivity index (χ1v) is 7.07. The predicted octanol–water partition coefficient (Wildman–Crippen LogP) is 3.26. The first-order chi connectivity index (χ1) is 11.2. The second kappa shape index (κ2) is 6.53. The Morgan fingerprint density at radius 2 is 2.04 bits per heavy atom. The Kier molecular flexibility index (Phi) is 4.29. The number of methoxy groups -OCH3 is 1. The molecule has 0 saturated heterocycles. The van der Waals surface area contributed by atoms with Crippen LogP contribution < -0.4 is 9.80 Å². The average molecular weight is 314 g/mol. The van der Waals surface area contributed by atoms with Crippen LogP contribution in [0.15, 0.2) is 42.7 Å². The number of hydrogen-bond acceptors (Lipinski definition) is 6. The Morgan fingerprint density at radius 1 is 1.17 bits per heavy atom. The molecule has 0 atom stereocenters. The van der Waals surface area contributed by atoms with Gasteiger partial charge in [0.1, 0.15) is 5.52 Å². The van der Waals surface area contributed by atoms with Crippen LogP contribution in [0, 0.1) is 5.82 Å². The second-order valence-electron chi connectivity index (χ2n) is 4.61. The van der Waals surface area contributed by atoms with Crippen molar-refractivity contribution in [1.29, 1.82) is 0 Å². The van der Waals surface area contributed by atoms with Crippen molar-refractivity contribution in [3.63, 3.8) is 0 Å². The molecule has 0 radical (unpaired) electrons. The molecule has 3 aromatic rings. The highest BCUT2D eigenvalue weighted by molar-refractivity contribution is 5.74. The Balaban J connectivity index is 2.06. The third-order valence-electron chi connectivity index (χ3n) is 3.15. The van der Waals surface area contributed by atoms with Crippen LogP contribution in [0.25, 0.3) is 11.0 Å². The molecule has 3 rings (SSSR count). The summed E-state index contributed by atoms with van der Waals surface area (Å²) >= 11 is 0. The minimum absolute atomic E-state index is 0.120. The van der Waals surface area contributed by atoms with Gasteiger partial charge in [-0.2, -0.15) is 5.06 Å². The van der Waals surface area contributed by atoms with Crippen LogP contribution in [0.5, 0.6) is 5.75 Å². The number of hydrogen-bond donors (Lipinski definition) is 0. The summed E-state index contributed by atoms with van der Waals surface area (Å²) in [5.74, 6) is 0.00648. The number of anilines is 2. The zero-order valence-electron chi connectivity index (χ0n) is 12.7. The third kappa shape index (κ3) is 3.04. The number of rotatable bonds is 5. The molecule has 6 nitrogen and oxygen atoms in total. The fourth-order valence-electron chi connectivity index (χ4n) is 2.11. The molecule has 0 aliphatic carbocycles. The van der Waals surface area contributed by atoms with Gasteiger partial charge in [-0.1, -0.05) is 0 Å². The molecule has 0 N–H and O–H groups in total. The van der Waals surface area contributed by atoms with E-state index in [0.29, 0.717) is 29.3 Å². The number of fused-ring (bicyclic) bond motifs is 1. The van der Waals surface area contributed by atoms with Crippen molar-refractivity contribution in [1.82, 2.24) is 15.0 Å². The van der Waals surface area contributed by atoms with E-state index in [0.717, 1.165) is 0 Å². The molecule has 0 unspecified atom stereocenters. The van der Waals surface area contributed by atoms with Crippen LogP contribution in [0.1, 0.15) is 6.92 Å². The van der Waals surface area contributed by atoms with Crippen molar-refractivity contribution < 1.29 is 14.0 Å². The fourth-order valence-corrected chi connectivity index (χ4v) is 2.11. The van der Waals surface area contributed by atoms with E-state index in [1.54, 1.807) is 24.5 Å². The maximum atomic E-state index is 13.6. The van der Waals surface area contributed by atoms with E-state index in [-0.39, 0.29) is 5.75 Å². The van der Waals surface area contributed by atoms with E-state index in [1.807, 2.05) is 13.0 Å². The molecule has 0 saturated carbocycles. The molecule has 118 valence electrons. The highest BCUT2D eigenvalue weighted by atomic mass is 19.1. The maximum absolute atomic E-state index is 13.6. The van der Waals surface area contributed by atoms with Gasteiger partial charge in [-0.3, -0.25) is 9.82 Å². The first kappa shape index (κ1) is 15.1. The van der Waals surface area contributed by atoms with Crippen molar-refractivity contribution in [3.8, 4) is 5.75 Å². The lowest BCUT2D eigenvalue weighted by atomic mass is 10.3. The molecule has 0 amide bonds. The highest BCUT2D eigenvalue weighted by Gasteiger charge is 2.16. The van der Waals surface area contributed by atoms with Gasteiger partial charge < -0.3 is 4.74 Å². The van der Waals surface area contributed by atoms with Gasteiger partial charge in [0, 0.05) is 12.3 Å². The smallest absolute Gasteiger partial charge is 0.255 e. The SMILES string of the molecule is CCON(c1ccc(F)c(OC)c1)c1ncc2ncccc2n1. The van der Waals surface area contributed by atoms with Crippen LogP contribution in [0.4, 0.5) is 16.0 Å². The Hall–Kier alpha value is -2.80. The van der Waals surface area contributed by atoms with Gasteiger partial charge in [-0.25, -0.2) is 14.4 Å². The van der Waals surface area contributed by atoms with Crippen LogP contribution in [0.2, 0.25) is 0 Å². The standard InChI is InChI=1S/C16H15FN4O2/c1-3-23-21(11-6-7-12(17)15(9-11)22-2)16-19-10-14-13(20-16)5-4-8-18-14/h4-10H,3H2,1-2H3. The molecular weight excluding hydrogens is 299 g/mol. The van der Waals surface area contributed by atoms with Crippen LogP contribution >= 0.6 is 0 Å². The minimum Gasteiger partial charge on any atom is -0.494 e. The van der Waals surface area contributed by atoms with E-state index >= 15 is 0 Å². The van der Waals surface area contributed by atoms with Crippen molar-refractivity contribution in [2.45, 2.75) is 6.92 Å². The number of aromatic nitrogens is 3. The number of benzene rings is 1. The van der Waals surface area contributed by atoms with Gasteiger partial charge in [0.15, 0.2) is 11.6 Å². The molecular formula is C16H15FN4O2. The van der Waals surface area contributed by atoms with E-state index in [1.165, 1.54) is 24.3 Å². The van der Waals surface area contributed by atoms with Crippen LogP contribution in [-0.4, -0.2) is 28.7 Å². The van der Waals surface area contributed by atoms with Crippen LogP contribution in [0.3, 0.4) is 0 Å². The number of pyridine rings is 1. The molecule has 1 aromatic carbocycles. The van der Waals surface area contributed by atoms with E-state index in [2.05, 4.69) is 15.0 Å². The summed E-state index contributed by atoms with van der Waals surface area (Å²) in [7, 11) is 1.41. The topological polar surface area (TPSA) is 60.4 Å². The van der Waals surface area contributed by atoms with Gasteiger partial charge in [-0.05, 0) is 31.2 Å². The summed E-state index contributed by atoms with van der Waals surface area (Å²) < 4.78 is 18.6. The summed E-state index contributed by atoms with van der Waals surface area (Å²) in [6, 6.07) is 8.04. The second-order valence-corrected chi connectivity index (χ2v) is 4.61. The number of nitrogens with zero attached hydrogens (tertiary/aromatic N) is 4. The molecule has 23 heavy (non-hydrogen) atoms. The highest BCUT2D eigenvalue weighted by Crippen LogP contribution is 2.29. The minimum atomic E-state index is -0.448. The van der Waals surface area contributed by atoms with E-state index < -0.39 is 5.82 Å². The van der Waals surface area contributed by atoms with Crippen molar-refractivity contribution in [3.05, 3.63) is 48.5 Å². The third-order valence-corrected chi connectivity index (χ3v) is 3.15. The van der Waals surface area contributed by atoms with Gasteiger partial charge in [0.2, 0.25) is 0 Å². The van der Waals surface area contributed by atoms with E-state index in [4.69, 9.17) is 9.57 Å². The van der Waals surface area contributed by atoms with Crippen LogP contribution in [-0.2, 0) is 4.84 Å². The normalized spacial score (nSPS) is 10.7. The van der Waals surface area contributed by atoms with Gasteiger partial charge >= 0.3 is 0 Å². The van der Waals surface area contributed by atoms with Crippen molar-refractivity contribution in [2.75, 3.05) is 18.8 Å². The lowest BCUT2D eigenvalue weighted by molar-refractivity contribution is 0.145. The first-order valence-electron chi connectivity index (χ1n) is 7.07. The molecule has 0 bridgehead atoms. The Bertz CT molecular complexity index is 828. The lowest BCUT2D eigenvalue weighted by Crippen LogP contribution is -2.20. The van der Waals surface area contributed by atoms with E-state index in [9.17, 15) is 4.39 Å². The molecule has 2 aromatic heterocycles. The Labute approximate surface area is 132 Å². The number of halogens is 1. The predicted molar refractivity (Wildman–Crippen MR) is 84.1 cm³/mol. The zero-order chi connectivity index (χ0) is 16.2. The van der Waals surface area contributed by atoms with Gasteiger partial charge in [-0.15, -0.1) is 0 Å². The van der Waals surface area contributed by atoms with Gasteiger partial charge in [0.25, 0.3) is 5.95 Å². The maximum Gasteiger partial charge on any atom is 0.255 e. The van der Waals surface area contributed by atoms with Crippen molar-refractivity contribution >= 4 is 22.7 Å². The Morgan fingerprint density at radius 3 is 2.83 bits per heavy atom. The molecule has 7 heteroatoms. The molecule has 0 spiro atoms. The zero-order valence-corrected chi connectivity index (χ0v) is 12.7. The molecule has 0 aliphatic heterocycles. The monoisotopic (exact) mass is 314 g/mol. The fraction of sp³-hybridized carbons (Fsp3) is 0.188. The quantitative estimate of drug-likeness (QED) is 0.674. The number of ether oxygens (including phenoxy) is 1. The summed E-state index contributed by atoms with van der Waals surface area (Å²) in [5, 5.41) is 1.44. The molecule has 0 aliphatic rings. The average Bonchev–Trinajstić information content (AvgIpc) is 2.60. The largest absolute Gasteiger partial charge is 0.494 e. The van der Waals surface area contributed by atoms with Crippen molar-refractivity contribution in [2.24, 2.45) is 0 Å². The van der Waals surface area contributed by atoms with Gasteiger partial charge in [0.05, 0.1) is 31.1 Å². The summed E-state index contributed by atoms with van der Waals surface area (Å²) in [6.45, 7) is 2.24.